The van der Waals surface area contributed by atoms with Crippen molar-refractivity contribution in [1.29, 1.82) is 0 Å². The number of sulfone groups is 1. The van der Waals surface area contributed by atoms with Crippen LogP contribution in [0.5, 0.6) is 0 Å². The van der Waals surface area contributed by atoms with E-state index < -0.39 is 33.6 Å². The van der Waals surface area contributed by atoms with E-state index in [2.05, 4.69) is 10.6 Å². The highest BCUT2D eigenvalue weighted by Crippen LogP contribution is 2.20. The molecule has 9 nitrogen and oxygen atoms in total. The molecule has 0 radical (unpaired) electrons. The van der Waals surface area contributed by atoms with Gasteiger partial charge >= 0.3 is 0 Å². The van der Waals surface area contributed by atoms with Gasteiger partial charge in [-0.3, -0.25) is 14.8 Å². The van der Waals surface area contributed by atoms with Gasteiger partial charge in [-0.15, -0.1) is 0 Å². The van der Waals surface area contributed by atoms with Gasteiger partial charge in [-0.2, -0.15) is 0 Å². The Kier molecular flexibility index (Phi) is 12.5. The fraction of sp³-hybridized carbons (Fsp3) is 0.355. The molecule has 0 saturated carbocycles. The number of aryl methyl sites for hydroxylation is 1. The third kappa shape index (κ3) is 11.4. The van der Waals surface area contributed by atoms with E-state index >= 15 is 0 Å². The van der Waals surface area contributed by atoms with Crippen LogP contribution in [-0.4, -0.2) is 73.5 Å². The highest BCUT2D eigenvalue weighted by atomic mass is 32.2. The molecular formula is C31H39N3O6S. The Hall–Kier alpha value is -3.57. The first-order valence-corrected chi connectivity index (χ1v) is 15.7. The van der Waals surface area contributed by atoms with Crippen LogP contribution in [0.15, 0.2) is 84.9 Å². The molecule has 3 rings (SSSR count). The number of amides is 2. The molecule has 41 heavy (non-hydrogen) atoms. The zero-order chi connectivity index (χ0) is 29.7. The lowest BCUT2D eigenvalue weighted by Crippen LogP contribution is -2.45. The molecule has 3 aromatic rings. The van der Waals surface area contributed by atoms with Crippen molar-refractivity contribution in [2.24, 2.45) is 5.92 Å². The number of hydroxylamine groups is 2. The number of hydrogen-bond donors (Lipinski definition) is 4. The van der Waals surface area contributed by atoms with Crippen molar-refractivity contribution >= 4 is 21.7 Å². The van der Waals surface area contributed by atoms with Gasteiger partial charge in [0, 0.05) is 25.8 Å². The summed E-state index contributed by atoms with van der Waals surface area (Å²) in [4.78, 5) is 25.9. The van der Waals surface area contributed by atoms with Gasteiger partial charge in [-0.05, 0) is 41.5 Å². The Morgan fingerprint density at radius 1 is 0.878 bits per heavy atom. The van der Waals surface area contributed by atoms with Crippen molar-refractivity contribution in [2.45, 2.75) is 31.7 Å². The average Bonchev–Trinajstić information content (AvgIpc) is 2.96. The van der Waals surface area contributed by atoms with Crippen LogP contribution in [0.25, 0.3) is 11.1 Å². The number of carbonyl (C=O) groups excluding carboxylic acids is 2. The van der Waals surface area contributed by atoms with Gasteiger partial charge < -0.3 is 15.7 Å². The van der Waals surface area contributed by atoms with E-state index in [-0.39, 0.29) is 32.0 Å². The lowest BCUT2D eigenvalue weighted by Gasteiger charge is -2.23. The fourth-order valence-corrected chi connectivity index (χ4v) is 4.97. The van der Waals surface area contributed by atoms with E-state index in [1.807, 2.05) is 84.9 Å². The summed E-state index contributed by atoms with van der Waals surface area (Å²) in [6.07, 6.45) is 2.32. The predicted octanol–water partition coefficient (Wildman–Crippen LogP) is 2.82. The van der Waals surface area contributed by atoms with Crippen LogP contribution in [0, 0.1) is 5.92 Å². The van der Waals surface area contributed by atoms with Crippen molar-refractivity contribution in [3.63, 3.8) is 0 Å². The minimum atomic E-state index is -3.35. The summed E-state index contributed by atoms with van der Waals surface area (Å²) in [5.74, 6) is -2.52. The third-order valence-corrected chi connectivity index (χ3v) is 7.33. The second-order valence-electron chi connectivity index (χ2n) is 10.2. The molecule has 0 fully saturated rings. The molecule has 220 valence electrons. The Morgan fingerprint density at radius 3 is 2.10 bits per heavy atom. The zero-order valence-electron chi connectivity index (χ0n) is 23.3. The van der Waals surface area contributed by atoms with E-state index in [0.717, 1.165) is 28.5 Å². The Labute approximate surface area is 242 Å². The predicted molar refractivity (Wildman–Crippen MR) is 159 cm³/mol. The molecule has 0 spiro atoms. The number of benzene rings is 3. The quantitative estimate of drug-likeness (QED) is 0.151. The van der Waals surface area contributed by atoms with Gasteiger partial charge in [0.05, 0.1) is 24.4 Å². The lowest BCUT2D eigenvalue weighted by atomic mass is 10.0. The largest absolute Gasteiger partial charge is 0.394 e. The molecule has 0 aliphatic carbocycles. The number of aliphatic hydroxyl groups excluding tert-OH is 1. The molecule has 0 aliphatic rings. The molecule has 10 heteroatoms. The van der Waals surface area contributed by atoms with Crippen LogP contribution in [-0.2, 0) is 32.3 Å². The topological polar surface area (TPSA) is 136 Å². The summed E-state index contributed by atoms with van der Waals surface area (Å²) in [6, 6.07) is 26.9. The van der Waals surface area contributed by atoms with Crippen molar-refractivity contribution in [3.8, 4) is 11.1 Å². The molecule has 0 aliphatic heterocycles. The van der Waals surface area contributed by atoms with E-state index in [4.69, 9.17) is 0 Å². The molecule has 2 amide bonds. The first-order valence-electron chi connectivity index (χ1n) is 13.6. The highest BCUT2D eigenvalue weighted by molar-refractivity contribution is 7.90. The first-order chi connectivity index (χ1) is 19.6. The molecule has 0 unspecified atom stereocenters. The first kappa shape index (κ1) is 32.0. The number of nitrogens with zero attached hydrogens (tertiary/aromatic N) is 1. The van der Waals surface area contributed by atoms with Crippen molar-refractivity contribution in [3.05, 3.63) is 96.1 Å². The van der Waals surface area contributed by atoms with Crippen LogP contribution < -0.4 is 10.6 Å². The standard InChI is InChI=1S/C31H39N3O6S/c1-41(39,40)23-32-21-28(20-30(36)33-29(22-35)19-25-9-4-2-5-10-25)31(37)34(38)18-8-11-24-14-16-27(17-15-24)26-12-6-3-7-13-26/h2-7,9-10,12-17,28-29,32,35,38H,8,11,18-23H2,1H3,(H,33,36)/t28-,29-/m0/s1. The number of hydrogen-bond acceptors (Lipinski definition) is 7. The van der Waals surface area contributed by atoms with E-state index in [9.17, 15) is 28.3 Å². The minimum absolute atomic E-state index is 0.0523. The summed E-state index contributed by atoms with van der Waals surface area (Å²) < 4.78 is 23.1. The van der Waals surface area contributed by atoms with E-state index in [0.29, 0.717) is 24.3 Å². The lowest BCUT2D eigenvalue weighted by molar-refractivity contribution is -0.171. The fourth-order valence-electron chi connectivity index (χ4n) is 4.48. The highest BCUT2D eigenvalue weighted by Gasteiger charge is 2.27. The smallest absolute Gasteiger partial charge is 0.250 e. The molecule has 3 aromatic carbocycles. The normalized spacial score (nSPS) is 12.9. The van der Waals surface area contributed by atoms with Crippen LogP contribution in [0.2, 0.25) is 0 Å². The van der Waals surface area contributed by atoms with Gasteiger partial charge in [0.1, 0.15) is 0 Å². The van der Waals surface area contributed by atoms with Crippen LogP contribution in [0.3, 0.4) is 0 Å². The summed E-state index contributed by atoms with van der Waals surface area (Å²) >= 11 is 0. The van der Waals surface area contributed by atoms with Gasteiger partial charge in [0.25, 0.3) is 5.91 Å². The minimum Gasteiger partial charge on any atom is -0.394 e. The van der Waals surface area contributed by atoms with E-state index in [1.165, 1.54) is 0 Å². The van der Waals surface area contributed by atoms with Gasteiger partial charge in [-0.1, -0.05) is 84.9 Å². The van der Waals surface area contributed by atoms with Gasteiger partial charge in [0.15, 0.2) is 9.84 Å². The van der Waals surface area contributed by atoms with Crippen LogP contribution in [0.1, 0.15) is 24.0 Å². The third-order valence-electron chi connectivity index (χ3n) is 6.60. The maximum Gasteiger partial charge on any atom is 0.250 e. The Morgan fingerprint density at radius 2 is 1.49 bits per heavy atom. The number of nitrogens with one attached hydrogen (secondary N) is 2. The van der Waals surface area contributed by atoms with Crippen LogP contribution in [0.4, 0.5) is 0 Å². The molecule has 4 N–H and O–H groups in total. The maximum absolute atomic E-state index is 13.1. The summed E-state index contributed by atoms with van der Waals surface area (Å²) in [6.45, 7) is -0.347. The second-order valence-corrected chi connectivity index (χ2v) is 12.3. The van der Waals surface area contributed by atoms with Crippen LogP contribution >= 0.6 is 0 Å². The molecule has 0 heterocycles. The van der Waals surface area contributed by atoms with Crippen molar-refractivity contribution < 1.29 is 28.3 Å². The molecule has 0 aromatic heterocycles. The summed E-state index contributed by atoms with van der Waals surface area (Å²) in [5, 5.41) is 26.3. The summed E-state index contributed by atoms with van der Waals surface area (Å²) in [5.41, 5.74) is 4.22. The average molecular weight is 582 g/mol. The SMILES string of the molecule is CS(=O)(=O)CNC[C@H](CC(=O)N[C@H](CO)Cc1ccccc1)C(=O)N(O)CCCc1ccc(-c2ccccc2)cc1. The Bertz CT molecular complexity index is 1340. The van der Waals surface area contributed by atoms with Crippen molar-refractivity contribution in [2.75, 3.05) is 31.8 Å². The molecule has 0 bridgehead atoms. The second kappa shape index (κ2) is 16.0. The van der Waals surface area contributed by atoms with Gasteiger partial charge in [0.2, 0.25) is 5.91 Å². The molecule has 0 saturated heterocycles. The number of aliphatic hydroxyl groups is 1. The monoisotopic (exact) mass is 581 g/mol. The van der Waals surface area contributed by atoms with Gasteiger partial charge in [-0.25, -0.2) is 13.5 Å². The number of rotatable bonds is 16. The maximum atomic E-state index is 13.1. The molecule has 2 atom stereocenters. The zero-order valence-corrected chi connectivity index (χ0v) is 24.1. The molecular weight excluding hydrogens is 542 g/mol. The Balaban J connectivity index is 1.55. The van der Waals surface area contributed by atoms with E-state index in [1.54, 1.807) is 0 Å². The number of carbonyl (C=O) groups is 2. The summed E-state index contributed by atoms with van der Waals surface area (Å²) in [7, 11) is -3.35. The van der Waals surface area contributed by atoms with Crippen molar-refractivity contribution in [1.82, 2.24) is 15.7 Å².